The Hall–Kier alpha value is -4.03. The van der Waals surface area contributed by atoms with Gasteiger partial charge in [0.25, 0.3) is 0 Å². The van der Waals surface area contributed by atoms with Crippen molar-refractivity contribution in [1.82, 2.24) is 30.0 Å². The topological polar surface area (TPSA) is 118 Å². The molecule has 3 N–H and O–H groups in total. The molecule has 0 saturated carbocycles. The molecule has 4 aromatic rings. The molecule has 3 aromatic heterocycles. The Balaban J connectivity index is 1.21. The van der Waals surface area contributed by atoms with Gasteiger partial charge in [0.05, 0.1) is 18.0 Å². The van der Waals surface area contributed by atoms with E-state index >= 15 is 0 Å². The normalized spacial score (nSPS) is 26.3. The quantitative estimate of drug-likeness (QED) is 0.347. The van der Waals surface area contributed by atoms with Gasteiger partial charge in [0.1, 0.15) is 5.82 Å². The van der Waals surface area contributed by atoms with Crippen molar-refractivity contribution < 1.29 is 0 Å². The molecular formula is C28H29N9. The predicted octanol–water partition coefficient (Wildman–Crippen LogP) is 4.93. The maximum absolute atomic E-state index is 9.34. The molecule has 4 atom stereocenters. The van der Waals surface area contributed by atoms with E-state index in [0.717, 1.165) is 65.0 Å². The highest BCUT2D eigenvalue weighted by atomic mass is 15.4. The second kappa shape index (κ2) is 8.53. The van der Waals surface area contributed by atoms with Crippen LogP contribution in [0.3, 0.4) is 0 Å². The van der Waals surface area contributed by atoms with Gasteiger partial charge in [-0.1, -0.05) is 12.1 Å². The van der Waals surface area contributed by atoms with Crippen LogP contribution in [0, 0.1) is 18.3 Å². The fourth-order valence-electron chi connectivity index (χ4n) is 6.89. The smallest absolute Gasteiger partial charge is 0.225 e. The summed E-state index contributed by atoms with van der Waals surface area (Å²) in [5, 5.41) is 24.7. The van der Waals surface area contributed by atoms with Crippen molar-refractivity contribution in [1.29, 1.82) is 5.26 Å². The summed E-state index contributed by atoms with van der Waals surface area (Å²) >= 11 is 0. The molecule has 3 fully saturated rings. The molecule has 1 aromatic carbocycles. The second-order valence-electron chi connectivity index (χ2n) is 10.8. The molecule has 3 aliphatic heterocycles. The Bertz CT molecular complexity index is 1510. The number of fused-ring (bicyclic) bond motifs is 1. The van der Waals surface area contributed by atoms with Crippen LogP contribution in [0.5, 0.6) is 0 Å². The fourth-order valence-corrected chi connectivity index (χ4v) is 6.89. The number of aryl methyl sites for hydroxylation is 1. The van der Waals surface area contributed by atoms with E-state index in [9.17, 15) is 5.26 Å². The largest absolute Gasteiger partial charge is 0.351 e. The first-order chi connectivity index (χ1) is 18.1. The second-order valence-corrected chi connectivity index (χ2v) is 10.8. The molecule has 9 nitrogen and oxygen atoms in total. The van der Waals surface area contributed by atoms with E-state index in [1.807, 2.05) is 25.3 Å². The van der Waals surface area contributed by atoms with Crippen LogP contribution >= 0.6 is 0 Å². The number of anilines is 3. The Morgan fingerprint density at radius 1 is 1.16 bits per heavy atom. The van der Waals surface area contributed by atoms with Crippen LogP contribution in [-0.4, -0.2) is 53.7 Å². The van der Waals surface area contributed by atoms with Crippen LogP contribution in [0.2, 0.25) is 0 Å². The van der Waals surface area contributed by atoms with E-state index in [2.05, 4.69) is 61.0 Å². The van der Waals surface area contributed by atoms with Gasteiger partial charge in [0.15, 0.2) is 5.82 Å². The van der Waals surface area contributed by atoms with Gasteiger partial charge >= 0.3 is 0 Å². The van der Waals surface area contributed by atoms with Crippen LogP contribution < -0.4 is 10.6 Å². The minimum Gasteiger partial charge on any atom is -0.351 e. The van der Waals surface area contributed by atoms with Crippen molar-refractivity contribution in [2.24, 2.45) is 0 Å². The van der Waals surface area contributed by atoms with Crippen LogP contribution in [0.4, 0.5) is 17.6 Å². The zero-order chi connectivity index (χ0) is 25.0. The Morgan fingerprint density at radius 2 is 2.08 bits per heavy atom. The summed E-state index contributed by atoms with van der Waals surface area (Å²) in [4.78, 5) is 16.8. The molecule has 1 unspecified atom stereocenters. The number of aromatic nitrogens is 5. The number of hydrogen-bond acceptors (Lipinski definition) is 8. The maximum atomic E-state index is 9.34. The van der Waals surface area contributed by atoms with Gasteiger partial charge in [-0.05, 0) is 62.8 Å². The van der Waals surface area contributed by atoms with Crippen molar-refractivity contribution in [2.75, 3.05) is 10.6 Å². The third-order valence-electron chi connectivity index (χ3n) is 8.39. The molecule has 9 heteroatoms. The number of piperidine rings is 1. The summed E-state index contributed by atoms with van der Waals surface area (Å²) in [7, 11) is 0. The molecule has 0 amide bonds. The molecular weight excluding hydrogens is 462 g/mol. The summed E-state index contributed by atoms with van der Waals surface area (Å²) in [6.45, 7) is 1.98. The highest BCUT2D eigenvalue weighted by Gasteiger charge is 2.60. The van der Waals surface area contributed by atoms with Crippen LogP contribution in [-0.2, 0) is 0 Å². The Morgan fingerprint density at radius 3 is 2.89 bits per heavy atom. The van der Waals surface area contributed by atoms with Crippen molar-refractivity contribution >= 4 is 28.5 Å². The average Bonchev–Trinajstić information content (AvgIpc) is 3.45. The zero-order valence-corrected chi connectivity index (χ0v) is 20.8. The van der Waals surface area contributed by atoms with E-state index in [4.69, 9.17) is 9.97 Å². The molecule has 186 valence electrons. The molecule has 3 aliphatic rings. The molecule has 3 saturated heterocycles. The van der Waals surface area contributed by atoms with Crippen molar-refractivity contribution in [3.63, 3.8) is 0 Å². The SMILES string of the molecule is Cc1cc(Nc2nc(N[C@@H]3C[C@H]4CCC5(CC#N)C[C@@H](C3)N45)nc3cc(-c4cccnc4)ccc23)n[nH]1. The fraction of sp³-hybridized carbons (Fsp3) is 0.393. The summed E-state index contributed by atoms with van der Waals surface area (Å²) < 4.78 is 0. The van der Waals surface area contributed by atoms with Crippen molar-refractivity contribution in [2.45, 2.75) is 69.1 Å². The standard InChI is InChI=1S/C28H29N9/c1-17-11-25(36-35-17)33-26-23-5-4-18(19-3-2-10-30-16-19)12-24(23)32-27(34-26)31-20-13-21-6-7-28(8-9-29)15-22(14-20)37(21)28/h2-5,10-12,16,20-22H,6-8,13-15H2,1H3,(H3,31,32,33,34,35,36)/t20-,21-,22-,28?/m1/s1. The monoisotopic (exact) mass is 491 g/mol. The van der Waals surface area contributed by atoms with Gasteiger partial charge in [0.2, 0.25) is 5.95 Å². The molecule has 0 aliphatic carbocycles. The summed E-state index contributed by atoms with van der Waals surface area (Å²) in [6, 6.07) is 16.0. The molecule has 0 radical (unpaired) electrons. The minimum absolute atomic E-state index is 0.149. The highest BCUT2D eigenvalue weighted by molar-refractivity contribution is 5.94. The number of nitrogens with zero attached hydrogens (tertiary/aromatic N) is 6. The number of nitrogens with one attached hydrogen (secondary N) is 3. The average molecular weight is 492 g/mol. The number of H-pyrrole nitrogens is 1. The van der Waals surface area contributed by atoms with Gasteiger partial charge in [-0.3, -0.25) is 15.0 Å². The number of benzene rings is 1. The van der Waals surface area contributed by atoms with Crippen molar-refractivity contribution in [3.05, 3.63) is 54.5 Å². The van der Waals surface area contributed by atoms with Crippen molar-refractivity contribution in [3.8, 4) is 17.2 Å². The third-order valence-corrected chi connectivity index (χ3v) is 8.39. The first-order valence-electron chi connectivity index (χ1n) is 13.0. The summed E-state index contributed by atoms with van der Waals surface area (Å²) in [6.07, 6.45) is 9.88. The first-order valence-corrected chi connectivity index (χ1v) is 13.0. The lowest BCUT2D eigenvalue weighted by Crippen LogP contribution is -2.68. The molecule has 0 spiro atoms. The molecule has 0 bridgehead atoms. The lowest BCUT2D eigenvalue weighted by Gasteiger charge is -2.59. The van der Waals surface area contributed by atoms with E-state index < -0.39 is 0 Å². The van der Waals surface area contributed by atoms with Gasteiger partial charge in [-0.15, -0.1) is 0 Å². The van der Waals surface area contributed by atoms with Gasteiger partial charge in [0, 0.05) is 58.8 Å². The number of pyridine rings is 1. The summed E-state index contributed by atoms with van der Waals surface area (Å²) in [5.41, 5.74) is 4.11. The highest BCUT2D eigenvalue weighted by Crippen LogP contribution is 2.55. The lowest BCUT2D eigenvalue weighted by molar-refractivity contribution is -0.0880. The molecule has 7 rings (SSSR count). The molecule has 37 heavy (non-hydrogen) atoms. The van der Waals surface area contributed by atoms with Crippen LogP contribution in [0.15, 0.2) is 48.8 Å². The van der Waals surface area contributed by atoms with Gasteiger partial charge in [-0.2, -0.15) is 15.3 Å². The Kier molecular flexibility index (Phi) is 5.11. The number of rotatable bonds is 6. The summed E-state index contributed by atoms with van der Waals surface area (Å²) in [5.74, 6) is 2.08. The predicted molar refractivity (Wildman–Crippen MR) is 142 cm³/mol. The lowest BCUT2D eigenvalue weighted by atomic mass is 9.72. The van der Waals surface area contributed by atoms with Gasteiger partial charge < -0.3 is 10.6 Å². The van der Waals surface area contributed by atoms with E-state index in [1.165, 1.54) is 6.42 Å². The molecule has 6 heterocycles. The number of hydrogen-bond donors (Lipinski definition) is 3. The van der Waals surface area contributed by atoms with E-state index in [-0.39, 0.29) is 5.54 Å². The van der Waals surface area contributed by atoms with Crippen LogP contribution in [0.1, 0.15) is 44.2 Å². The van der Waals surface area contributed by atoms with Gasteiger partial charge in [-0.25, -0.2) is 4.98 Å². The first kappa shape index (κ1) is 22.2. The van der Waals surface area contributed by atoms with E-state index in [0.29, 0.717) is 30.5 Å². The number of aromatic amines is 1. The number of nitriles is 1. The minimum atomic E-state index is 0.149. The van der Waals surface area contributed by atoms with Crippen LogP contribution in [0.25, 0.3) is 22.0 Å². The van der Waals surface area contributed by atoms with E-state index in [1.54, 1.807) is 6.20 Å². The zero-order valence-electron chi connectivity index (χ0n) is 20.8. The third kappa shape index (κ3) is 3.80. The maximum Gasteiger partial charge on any atom is 0.225 e. The Labute approximate surface area is 215 Å².